The lowest BCUT2D eigenvalue weighted by atomic mass is 10.1. The molecule has 0 amide bonds. The van der Waals surface area contributed by atoms with E-state index in [-0.39, 0.29) is 16.5 Å². The molecule has 0 unspecified atom stereocenters. The highest BCUT2D eigenvalue weighted by molar-refractivity contribution is 7.86. The first kappa shape index (κ1) is 11.5. The molecule has 0 saturated carbocycles. The summed E-state index contributed by atoms with van der Waals surface area (Å²) in [6.07, 6.45) is 0. The molecule has 0 spiro atoms. The van der Waals surface area contributed by atoms with Crippen molar-refractivity contribution in [3.8, 4) is 5.75 Å². The minimum absolute atomic E-state index is 0.145. The Balaban J connectivity index is 3.04. The Morgan fingerprint density at radius 2 is 1.76 bits per heavy atom. The number of fused-ring (bicyclic) bond motifs is 1. The normalized spacial score (nSPS) is 11.6. The summed E-state index contributed by atoms with van der Waals surface area (Å²) in [5.74, 6) is -0.529. The van der Waals surface area contributed by atoms with Gasteiger partial charge in [0, 0.05) is 16.8 Å². The van der Waals surface area contributed by atoms with Gasteiger partial charge in [-0.1, -0.05) is 24.3 Å². The molecule has 0 aromatic heterocycles. The van der Waals surface area contributed by atoms with E-state index >= 15 is 0 Å². The average molecular weight is 251 g/mol. The zero-order valence-electron chi connectivity index (χ0n) is 8.40. The molecule has 0 aliphatic heterocycles. The predicted molar refractivity (Wildman–Crippen MR) is 59.6 cm³/mol. The highest BCUT2D eigenvalue weighted by atomic mass is 32.2. The summed E-state index contributed by atoms with van der Waals surface area (Å²) in [6, 6.07) is 6.90. The number of hydrogen-bond acceptors (Lipinski definition) is 4. The maximum atomic E-state index is 11.2. The van der Waals surface area contributed by atoms with E-state index in [1.807, 2.05) is 0 Å². The van der Waals surface area contributed by atoms with Crippen LogP contribution in [0.15, 0.2) is 40.3 Å². The predicted octanol–water partition coefficient (Wildman–Crippen LogP) is 1.68. The summed E-state index contributed by atoms with van der Waals surface area (Å²) >= 11 is 0. The van der Waals surface area contributed by atoms with Crippen molar-refractivity contribution in [1.82, 2.24) is 5.53 Å². The van der Waals surface area contributed by atoms with Crippen LogP contribution in [0, 0.1) is 0 Å². The third-order valence-corrected chi connectivity index (χ3v) is 3.23. The Hall–Kier alpha value is -1.99. The first-order chi connectivity index (χ1) is 7.95. The van der Waals surface area contributed by atoms with Gasteiger partial charge < -0.3 is 5.11 Å². The Kier molecular flexibility index (Phi) is 2.56. The molecular weight excluding hydrogens is 244 g/mol. The number of aromatic hydroxyl groups is 1. The molecule has 1 radical (unpaired) electrons. The lowest BCUT2D eigenvalue weighted by Gasteiger charge is -2.07. The lowest BCUT2D eigenvalue weighted by Crippen LogP contribution is -1.99. The van der Waals surface area contributed by atoms with Crippen LogP contribution in [-0.2, 0) is 10.1 Å². The molecule has 87 valence electrons. The van der Waals surface area contributed by atoms with E-state index in [9.17, 15) is 13.5 Å². The van der Waals surface area contributed by atoms with Crippen molar-refractivity contribution in [3.63, 3.8) is 0 Å². The molecule has 17 heavy (non-hydrogen) atoms. The summed E-state index contributed by atoms with van der Waals surface area (Å²) in [5.41, 5.74) is 8.62. The molecule has 6 nitrogen and oxygen atoms in total. The van der Waals surface area contributed by atoms with Crippen LogP contribution in [0.4, 0.5) is 5.69 Å². The van der Waals surface area contributed by atoms with E-state index in [2.05, 4.69) is 5.11 Å². The van der Waals surface area contributed by atoms with Gasteiger partial charge in [0.15, 0.2) is 0 Å². The van der Waals surface area contributed by atoms with E-state index in [1.165, 1.54) is 12.1 Å². The van der Waals surface area contributed by atoms with Crippen molar-refractivity contribution in [3.05, 3.63) is 30.3 Å². The first-order valence-electron chi connectivity index (χ1n) is 4.52. The topological polar surface area (TPSA) is 109 Å². The fraction of sp³-hybridized carbons (Fsp3) is 0. The quantitative estimate of drug-likeness (QED) is 0.624. The Labute approximate surface area is 96.8 Å². The lowest BCUT2D eigenvalue weighted by molar-refractivity contribution is 0.468. The second-order valence-corrected chi connectivity index (χ2v) is 4.75. The van der Waals surface area contributed by atoms with Gasteiger partial charge in [0.1, 0.15) is 16.3 Å². The van der Waals surface area contributed by atoms with Crippen molar-refractivity contribution in [2.45, 2.75) is 4.90 Å². The van der Waals surface area contributed by atoms with Gasteiger partial charge in [-0.05, 0) is 5.53 Å². The monoisotopic (exact) mass is 251 g/mol. The minimum atomic E-state index is -4.46. The van der Waals surface area contributed by atoms with Gasteiger partial charge in [-0.25, -0.2) is 0 Å². The molecule has 0 atom stereocenters. The van der Waals surface area contributed by atoms with Crippen molar-refractivity contribution in [1.29, 1.82) is 0 Å². The SMILES string of the molecule is [N]=Nc1c(O)cc(S(=O)(=O)O)c2ccccc12. The fourth-order valence-corrected chi connectivity index (χ4v) is 2.35. The van der Waals surface area contributed by atoms with Crippen LogP contribution >= 0.6 is 0 Å². The fourth-order valence-electron chi connectivity index (χ4n) is 1.63. The second kappa shape index (κ2) is 3.79. The van der Waals surface area contributed by atoms with Crippen molar-refractivity contribution in [2.75, 3.05) is 0 Å². The average Bonchev–Trinajstić information content (AvgIpc) is 2.27. The Bertz CT molecular complexity index is 710. The molecule has 0 aliphatic rings. The standard InChI is InChI=1S/C10H7N2O4S/c11-12-10-7-4-2-1-3-6(7)9(5-8(10)13)17(14,15)16/h1-5,13H,(H,14,15,16). The van der Waals surface area contributed by atoms with E-state index in [4.69, 9.17) is 10.1 Å². The smallest absolute Gasteiger partial charge is 0.295 e. The molecule has 0 fully saturated rings. The van der Waals surface area contributed by atoms with Gasteiger partial charge in [0.25, 0.3) is 10.1 Å². The minimum Gasteiger partial charge on any atom is -0.506 e. The maximum absolute atomic E-state index is 11.2. The van der Waals surface area contributed by atoms with Crippen LogP contribution in [0.1, 0.15) is 0 Å². The molecule has 2 aromatic rings. The van der Waals surface area contributed by atoms with Crippen LogP contribution in [0.5, 0.6) is 5.75 Å². The maximum Gasteiger partial charge on any atom is 0.295 e. The summed E-state index contributed by atoms with van der Waals surface area (Å²) in [5, 5.41) is 12.8. The van der Waals surface area contributed by atoms with Crippen molar-refractivity contribution in [2.24, 2.45) is 5.11 Å². The zero-order chi connectivity index (χ0) is 12.6. The number of phenolic OH excluding ortho intramolecular Hbond substituents is 1. The molecule has 2 N–H and O–H groups in total. The Morgan fingerprint density at radius 1 is 1.18 bits per heavy atom. The molecule has 2 rings (SSSR count). The van der Waals surface area contributed by atoms with Crippen LogP contribution < -0.4 is 5.53 Å². The number of rotatable bonds is 2. The highest BCUT2D eigenvalue weighted by Gasteiger charge is 2.19. The molecule has 0 saturated heterocycles. The molecule has 0 bridgehead atoms. The third-order valence-electron chi connectivity index (χ3n) is 2.34. The second-order valence-electron chi connectivity index (χ2n) is 3.36. The first-order valence-corrected chi connectivity index (χ1v) is 5.96. The molecule has 7 heteroatoms. The van der Waals surface area contributed by atoms with Gasteiger partial charge in [-0.15, -0.1) is 5.11 Å². The van der Waals surface area contributed by atoms with E-state index in [0.29, 0.717) is 0 Å². The van der Waals surface area contributed by atoms with Gasteiger partial charge in [0.05, 0.1) is 0 Å². The summed E-state index contributed by atoms with van der Waals surface area (Å²) in [4.78, 5) is -0.432. The third kappa shape index (κ3) is 1.85. The van der Waals surface area contributed by atoms with E-state index in [0.717, 1.165) is 6.07 Å². The van der Waals surface area contributed by atoms with Gasteiger partial charge in [-0.3, -0.25) is 4.55 Å². The van der Waals surface area contributed by atoms with E-state index < -0.39 is 20.8 Å². The summed E-state index contributed by atoms with van der Waals surface area (Å²) < 4.78 is 31.3. The number of benzene rings is 2. The van der Waals surface area contributed by atoms with Gasteiger partial charge >= 0.3 is 0 Å². The van der Waals surface area contributed by atoms with Crippen molar-refractivity contribution >= 4 is 26.6 Å². The summed E-state index contributed by atoms with van der Waals surface area (Å²) in [7, 11) is -4.46. The Morgan fingerprint density at radius 3 is 2.29 bits per heavy atom. The van der Waals surface area contributed by atoms with Crippen LogP contribution in [0.25, 0.3) is 10.8 Å². The molecule has 2 aromatic carbocycles. The van der Waals surface area contributed by atoms with Crippen molar-refractivity contribution < 1.29 is 18.1 Å². The van der Waals surface area contributed by atoms with Crippen LogP contribution in [0.3, 0.4) is 0 Å². The summed E-state index contributed by atoms with van der Waals surface area (Å²) in [6.45, 7) is 0. The largest absolute Gasteiger partial charge is 0.506 e. The van der Waals surface area contributed by atoms with Gasteiger partial charge in [-0.2, -0.15) is 8.42 Å². The van der Waals surface area contributed by atoms with E-state index in [1.54, 1.807) is 12.1 Å². The molecular formula is C10H7N2O4S. The van der Waals surface area contributed by atoms with Crippen LogP contribution in [0.2, 0.25) is 0 Å². The van der Waals surface area contributed by atoms with Crippen LogP contribution in [-0.4, -0.2) is 18.1 Å². The zero-order valence-corrected chi connectivity index (χ0v) is 9.22. The number of phenols is 1. The molecule has 0 aliphatic carbocycles. The van der Waals surface area contributed by atoms with Gasteiger partial charge in [0.2, 0.25) is 0 Å². The number of hydrogen-bond donors (Lipinski definition) is 2. The highest BCUT2D eigenvalue weighted by Crippen LogP contribution is 2.38. The molecule has 0 heterocycles. The number of nitrogens with zero attached hydrogens (tertiary/aromatic N) is 2.